The van der Waals surface area contributed by atoms with Gasteiger partial charge in [0, 0.05) is 17.1 Å². The van der Waals surface area contributed by atoms with Crippen molar-refractivity contribution in [2.24, 2.45) is 0 Å². The van der Waals surface area contributed by atoms with E-state index in [0.29, 0.717) is 33.7 Å². The molecule has 0 aliphatic carbocycles. The SMILES string of the molecule is O=C(O)COc1ccc(Cl)cc1[C@@H]1c2ccc(F)cc2CCN1OC(=O)OCc1cccc(F)c1. The van der Waals surface area contributed by atoms with Gasteiger partial charge in [0.05, 0.1) is 6.04 Å². The van der Waals surface area contributed by atoms with Crippen LogP contribution in [0.25, 0.3) is 0 Å². The van der Waals surface area contributed by atoms with Crippen molar-refractivity contribution in [1.82, 2.24) is 5.06 Å². The number of hydroxylamine groups is 2. The molecule has 0 unspecified atom stereocenters. The van der Waals surface area contributed by atoms with E-state index < -0.39 is 36.4 Å². The van der Waals surface area contributed by atoms with Crippen molar-refractivity contribution in [1.29, 1.82) is 0 Å². The maximum Gasteiger partial charge on any atom is 0.528 e. The van der Waals surface area contributed by atoms with Crippen LogP contribution in [0.4, 0.5) is 13.6 Å². The fourth-order valence-corrected chi connectivity index (χ4v) is 4.07. The van der Waals surface area contributed by atoms with E-state index in [0.717, 1.165) is 0 Å². The Labute approximate surface area is 204 Å². The molecular formula is C25H20ClF2NO6. The number of fused-ring (bicyclic) bond motifs is 1. The number of benzene rings is 3. The minimum atomic E-state index is -1.17. The number of halogens is 3. The van der Waals surface area contributed by atoms with Gasteiger partial charge in [-0.15, -0.1) is 5.06 Å². The lowest BCUT2D eigenvalue weighted by Gasteiger charge is -2.36. The molecule has 0 amide bonds. The van der Waals surface area contributed by atoms with Gasteiger partial charge in [-0.3, -0.25) is 0 Å². The van der Waals surface area contributed by atoms with Crippen molar-refractivity contribution in [3.05, 3.63) is 99.6 Å². The maximum absolute atomic E-state index is 13.9. The Morgan fingerprint density at radius 3 is 2.60 bits per heavy atom. The third kappa shape index (κ3) is 6.06. The van der Waals surface area contributed by atoms with Crippen LogP contribution in [0, 0.1) is 11.6 Å². The average molecular weight is 504 g/mol. The van der Waals surface area contributed by atoms with Crippen molar-refractivity contribution in [3.63, 3.8) is 0 Å². The van der Waals surface area contributed by atoms with Gasteiger partial charge in [-0.05, 0) is 65.6 Å². The van der Waals surface area contributed by atoms with Gasteiger partial charge >= 0.3 is 12.1 Å². The van der Waals surface area contributed by atoms with E-state index in [1.165, 1.54) is 47.5 Å². The normalized spacial score (nSPS) is 15.2. The van der Waals surface area contributed by atoms with Gasteiger partial charge in [-0.1, -0.05) is 29.8 Å². The summed E-state index contributed by atoms with van der Waals surface area (Å²) in [5.74, 6) is -1.85. The summed E-state index contributed by atoms with van der Waals surface area (Å²) in [6.07, 6.45) is -0.660. The molecule has 3 aromatic carbocycles. The van der Waals surface area contributed by atoms with E-state index in [2.05, 4.69) is 0 Å². The molecule has 1 atom stereocenters. The van der Waals surface area contributed by atoms with Crippen LogP contribution < -0.4 is 4.74 Å². The number of aliphatic carboxylic acids is 1. The Kier molecular flexibility index (Phi) is 7.48. The quantitative estimate of drug-likeness (QED) is 0.438. The van der Waals surface area contributed by atoms with Gasteiger partial charge in [0.2, 0.25) is 0 Å². The van der Waals surface area contributed by atoms with E-state index in [9.17, 15) is 18.4 Å². The smallest absolute Gasteiger partial charge is 0.482 e. The minimum Gasteiger partial charge on any atom is -0.482 e. The monoisotopic (exact) mass is 503 g/mol. The Morgan fingerprint density at radius 1 is 1.03 bits per heavy atom. The number of carbonyl (C=O) groups excluding carboxylic acids is 1. The van der Waals surface area contributed by atoms with E-state index in [1.807, 2.05) is 0 Å². The lowest BCUT2D eigenvalue weighted by Crippen LogP contribution is -2.38. The van der Waals surface area contributed by atoms with Crippen LogP contribution in [0.15, 0.2) is 60.7 Å². The molecule has 0 fully saturated rings. The topological polar surface area (TPSA) is 85.3 Å². The largest absolute Gasteiger partial charge is 0.528 e. The summed E-state index contributed by atoms with van der Waals surface area (Å²) < 4.78 is 37.9. The van der Waals surface area contributed by atoms with E-state index >= 15 is 0 Å². The zero-order chi connectivity index (χ0) is 24.9. The van der Waals surface area contributed by atoms with Crippen LogP contribution in [-0.4, -0.2) is 35.4 Å². The Balaban J connectivity index is 1.63. The van der Waals surface area contributed by atoms with Crippen LogP contribution in [0.5, 0.6) is 5.75 Å². The van der Waals surface area contributed by atoms with Crippen molar-refractivity contribution < 1.29 is 37.8 Å². The fraction of sp³-hybridized carbons (Fsp3) is 0.200. The highest BCUT2D eigenvalue weighted by Crippen LogP contribution is 2.41. The van der Waals surface area contributed by atoms with Gasteiger partial charge in [0.15, 0.2) is 6.61 Å². The molecule has 0 bridgehead atoms. The summed E-state index contributed by atoms with van der Waals surface area (Å²) in [4.78, 5) is 29.1. The van der Waals surface area contributed by atoms with Gasteiger partial charge in [-0.2, -0.15) is 0 Å². The Bertz CT molecular complexity index is 1250. The average Bonchev–Trinajstić information content (AvgIpc) is 2.82. The zero-order valence-corrected chi connectivity index (χ0v) is 19.0. The predicted molar refractivity (Wildman–Crippen MR) is 121 cm³/mol. The molecule has 35 heavy (non-hydrogen) atoms. The number of hydrogen-bond acceptors (Lipinski definition) is 6. The molecule has 7 nitrogen and oxygen atoms in total. The van der Waals surface area contributed by atoms with Crippen molar-refractivity contribution in [2.45, 2.75) is 19.1 Å². The van der Waals surface area contributed by atoms with Crippen LogP contribution in [0.3, 0.4) is 0 Å². The molecule has 4 rings (SSSR count). The zero-order valence-electron chi connectivity index (χ0n) is 18.2. The number of ether oxygens (including phenoxy) is 2. The highest BCUT2D eigenvalue weighted by Gasteiger charge is 2.34. The minimum absolute atomic E-state index is 0.182. The number of rotatable bonds is 7. The number of nitrogens with zero attached hydrogens (tertiary/aromatic N) is 1. The molecule has 1 N–H and O–H groups in total. The van der Waals surface area contributed by atoms with Crippen molar-refractivity contribution in [3.8, 4) is 5.75 Å². The summed E-state index contributed by atoms with van der Waals surface area (Å²) in [7, 11) is 0. The molecule has 1 aliphatic heterocycles. The first kappa shape index (κ1) is 24.4. The van der Waals surface area contributed by atoms with E-state index in [4.69, 9.17) is 31.0 Å². The lowest BCUT2D eigenvalue weighted by molar-refractivity contribution is -0.152. The molecule has 3 aromatic rings. The summed E-state index contributed by atoms with van der Waals surface area (Å²) in [6, 6.07) is 13.7. The number of hydrogen-bond donors (Lipinski definition) is 1. The van der Waals surface area contributed by atoms with Crippen molar-refractivity contribution in [2.75, 3.05) is 13.2 Å². The molecule has 1 heterocycles. The number of carbonyl (C=O) groups is 2. The molecule has 0 saturated heterocycles. The van der Waals surface area contributed by atoms with Crippen LogP contribution >= 0.6 is 11.6 Å². The predicted octanol–water partition coefficient (Wildman–Crippen LogP) is 5.30. The second-order valence-electron chi connectivity index (χ2n) is 7.76. The van der Waals surface area contributed by atoms with Gasteiger partial charge in [0.1, 0.15) is 24.0 Å². The first-order chi connectivity index (χ1) is 16.8. The summed E-state index contributed by atoms with van der Waals surface area (Å²) >= 11 is 6.22. The van der Waals surface area contributed by atoms with Gasteiger partial charge < -0.3 is 19.4 Å². The molecule has 0 spiro atoms. The van der Waals surface area contributed by atoms with Crippen LogP contribution in [0.1, 0.15) is 28.3 Å². The molecular weight excluding hydrogens is 484 g/mol. The second kappa shape index (κ2) is 10.7. The molecule has 0 radical (unpaired) electrons. The van der Waals surface area contributed by atoms with E-state index in [1.54, 1.807) is 18.2 Å². The first-order valence-electron chi connectivity index (χ1n) is 10.6. The lowest BCUT2D eigenvalue weighted by atomic mass is 9.89. The first-order valence-corrected chi connectivity index (χ1v) is 11.0. The third-order valence-electron chi connectivity index (χ3n) is 5.34. The van der Waals surface area contributed by atoms with Crippen molar-refractivity contribution >= 4 is 23.7 Å². The number of carboxylic acids is 1. The highest BCUT2D eigenvalue weighted by molar-refractivity contribution is 6.30. The molecule has 182 valence electrons. The second-order valence-corrected chi connectivity index (χ2v) is 8.20. The molecule has 1 aliphatic rings. The van der Waals surface area contributed by atoms with Gasteiger partial charge in [0.25, 0.3) is 0 Å². The summed E-state index contributed by atoms with van der Waals surface area (Å²) in [5, 5.41) is 10.7. The highest BCUT2D eigenvalue weighted by atomic mass is 35.5. The molecule has 0 aromatic heterocycles. The fourth-order valence-electron chi connectivity index (χ4n) is 3.89. The standard InChI is InChI=1S/C25H20ClF2NO6/c26-17-4-7-22(33-14-23(30)31)21(12-17)24-20-6-5-19(28)11-16(20)8-9-29(24)35-25(32)34-13-15-2-1-3-18(27)10-15/h1-7,10-12,24H,8-9,13-14H2,(H,30,31)/t24-/m0/s1. The van der Waals surface area contributed by atoms with Crippen LogP contribution in [0.2, 0.25) is 5.02 Å². The Morgan fingerprint density at radius 2 is 1.83 bits per heavy atom. The third-order valence-corrected chi connectivity index (χ3v) is 5.58. The summed E-state index contributed by atoms with van der Waals surface area (Å²) in [6.45, 7) is -0.629. The Hall–Kier alpha value is -3.69. The van der Waals surface area contributed by atoms with E-state index in [-0.39, 0.29) is 18.9 Å². The summed E-state index contributed by atoms with van der Waals surface area (Å²) in [5.41, 5.74) is 2.17. The molecule has 10 heteroatoms. The number of carboxylic acid groups (broad SMARTS) is 1. The molecule has 0 saturated carbocycles. The maximum atomic E-state index is 13.9. The van der Waals surface area contributed by atoms with Gasteiger partial charge in [-0.25, -0.2) is 18.4 Å². The van der Waals surface area contributed by atoms with Crippen LogP contribution in [-0.2, 0) is 27.4 Å².